The fourth-order valence-corrected chi connectivity index (χ4v) is 4.61. The van der Waals surface area contributed by atoms with E-state index < -0.39 is 11.6 Å². The number of anilines is 1. The van der Waals surface area contributed by atoms with Gasteiger partial charge in [-0.2, -0.15) is 0 Å². The summed E-state index contributed by atoms with van der Waals surface area (Å²) in [6.07, 6.45) is 7.64. The molecule has 25 heavy (non-hydrogen) atoms. The lowest BCUT2D eigenvalue weighted by molar-refractivity contribution is -0.108. The van der Waals surface area contributed by atoms with Crippen molar-refractivity contribution in [2.75, 3.05) is 17.7 Å². The molecule has 0 aromatic heterocycles. The van der Waals surface area contributed by atoms with Gasteiger partial charge in [-0.15, -0.1) is 0 Å². The van der Waals surface area contributed by atoms with Crippen LogP contribution in [0.1, 0.15) is 38.5 Å². The zero-order valence-electron chi connectivity index (χ0n) is 14.3. The summed E-state index contributed by atoms with van der Waals surface area (Å²) in [5.74, 6) is -1.22. The molecule has 2 aliphatic rings. The summed E-state index contributed by atoms with van der Waals surface area (Å²) in [5, 5.41) is 0.923. The van der Waals surface area contributed by atoms with Crippen LogP contribution in [-0.2, 0) is 4.79 Å². The molecule has 0 spiro atoms. The lowest BCUT2D eigenvalue weighted by atomic mass is 10.1. The van der Waals surface area contributed by atoms with Gasteiger partial charge < -0.3 is 4.90 Å². The van der Waals surface area contributed by atoms with E-state index in [1.165, 1.54) is 36.6 Å². The topological polar surface area (TPSA) is 35.9 Å². The van der Waals surface area contributed by atoms with Crippen molar-refractivity contribution >= 4 is 29.0 Å². The molecule has 4 nitrogen and oxygen atoms in total. The molecule has 7 heteroatoms. The monoisotopic (exact) mass is 367 g/mol. The summed E-state index contributed by atoms with van der Waals surface area (Å²) in [6.45, 7) is 0. The first-order valence-corrected chi connectivity index (χ1v) is 9.71. The van der Waals surface area contributed by atoms with Gasteiger partial charge in [0.25, 0.3) is 0 Å². The number of hydrogen-bond donors (Lipinski definition) is 0. The van der Waals surface area contributed by atoms with Crippen molar-refractivity contribution in [2.45, 2.75) is 50.7 Å². The van der Waals surface area contributed by atoms with Gasteiger partial charge >= 0.3 is 0 Å². The van der Waals surface area contributed by atoms with Gasteiger partial charge in [0.2, 0.25) is 6.41 Å². The van der Waals surface area contributed by atoms with E-state index in [1.807, 2.05) is 11.9 Å². The summed E-state index contributed by atoms with van der Waals surface area (Å²) in [6, 6.07) is 3.87. The maximum Gasteiger partial charge on any atom is 0.215 e. The first kappa shape index (κ1) is 18.2. The van der Waals surface area contributed by atoms with Crippen LogP contribution in [0.2, 0.25) is 0 Å². The normalized spacial score (nSPS) is 23.7. The molecule has 0 radical (unpaired) electrons. The molecule has 1 unspecified atom stereocenters. The van der Waals surface area contributed by atoms with Gasteiger partial charge in [-0.05, 0) is 25.0 Å². The summed E-state index contributed by atoms with van der Waals surface area (Å²) >= 11 is 1.61. The zero-order chi connectivity index (χ0) is 17.8. The maximum atomic E-state index is 13.5. The fraction of sp³-hybridized carbons (Fsp3) is 0.556. The number of thioether (sulfide) groups is 1. The highest BCUT2D eigenvalue weighted by Crippen LogP contribution is 2.30. The zero-order valence-corrected chi connectivity index (χ0v) is 15.1. The third kappa shape index (κ3) is 4.14. The standard InChI is InChI=1S/C18H23F2N3OS/c1-22-17(23(12-24)14-8-9-15(19)16(20)10-14)11-25-18(22)21-13-6-4-2-3-5-7-13/h8-10,12-13,17H,2-7,11H2,1H3. The molecule has 1 aliphatic heterocycles. The molecule has 2 fully saturated rings. The molecule has 1 aromatic rings. The van der Waals surface area contributed by atoms with E-state index in [9.17, 15) is 13.6 Å². The molecule has 1 saturated carbocycles. The van der Waals surface area contributed by atoms with E-state index in [0.29, 0.717) is 23.9 Å². The van der Waals surface area contributed by atoms with Gasteiger partial charge in [-0.1, -0.05) is 37.4 Å². The first-order valence-electron chi connectivity index (χ1n) is 8.72. The maximum absolute atomic E-state index is 13.5. The molecule has 1 aliphatic carbocycles. The lowest BCUT2D eigenvalue weighted by Gasteiger charge is -2.30. The third-order valence-electron chi connectivity index (χ3n) is 4.86. The number of carbonyl (C=O) groups excluding carboxylic acids is 1. The number of benzene rings is 1. The van der Waals surface area contributed by atoms with Crippen molar-refractivity contribution in [3.8, 4) is 0 Å². The Kier molecular flexibility index (Phi) is 5.93. The van der Waals surface area contributed by atoms with Crippen LogP contribution in [-0.4, -0.2) is 41.5 Å². The molecule has 1 heterocycles. The number of amides is 1. The quantitative estimate of drug-likeness (QED) is 0.596. The summed E-state index contributed by atoms with van der Waals surface area (Å²) in [7, 11) is 1.90. The Morgan fingerprint density at radius 1 is 1.20 bits per heavy atom. The van der Waals surface area contributed by atoms with Gasteiger partial charge in [-0.3, -0.25) is 14.7 Å². The Bertz CT molecular complexity index is 647. The van der Waals surface area contributed by atoms with Crippen LogP contribution in [0, 0.1) is 11.6 Å². The number of rotatable bonds is 4. The molecule has 136 valence electrons. The second-order valence-electron chi connectivity index (χ2n) is 6.57. The summed E-state index contributed by atoms with van der Waals surface area (Å²) < 4.78 is 26.7. The van der Waals surface area contributed by atoms with Crippen LogP contribution >= 0.6 is 11.8 Å². The van der Waals surface area contributed by atoms with Gasteiger partial charge in [0, 0.05) is 24.6 Å². The van der Waals surface area contributed by atoms with E-state index in [4.69, 9.17) is 4.99 Å². The molecule has 0 N–H and O–H groups in total. The first-order chi connectivity index (χ1) is 12.1. The molecule has 1 aromatic carbocycles. The number of hydrogen-bond acceptors (Lipinski definition) is 3. The molecular formula is C18H23F2N3OS. The van der Waals surface area contributed by atoms with Crippen molar-refractivity contribution in [3.05, 3.63) is 29.8 Å². The van der Waals surface area contributed by atoms with Crippen molar-refractivity contribution in [3.63, 3.8) is 0 Å². The number of aliphatic imine (C=N–C) groups is 1. The highest BCUT2D eigenvalue weighted by Gasteiger charge is 2.33. The predicted octanol–water partition coefficient (Wildman–Crippen LogP) is 4.01. The second kappa shape index (κ2) is 8.17. The highest BCUT2D eigenvalue weighted by atomic mass is 32.2. The Hall–Kier alpha value is -1.63. The van der Waals surface area contributed by atoms with Crippen LogP contribution in [0.3, 0.4) is 0 Å². The van der Waals surface area contributed by atoms with Crippen LogP contribution in [0.4, 0.5) is 14.5 Å². The van der Waals surface area contributed by atoms with Crippen molar-refractivity contribution in [1.29, 1.82) is 0 Å². The van der Waals surface area contributed by atoms with Gasteiger partial charge in [0.1, 0.15) is 6.17 Å². The van der Waals surface area contributed by atoms with E-state index >= 15 is 0 Å². The van der Waals surface area contributed by atoms with Gasteiger partial charge in [0.15, 0.2) is 16.8 Å². The van der Waals surface area contributed by atoms with Crippen LogP contribution in [0.25, 0.3) is 0 Å². The third-order valence-corrected chi connectivity index (χ3v) is 5.98. The molecule has 1 atom stereocenters. The van der Waals surface area contributed by atoms with E-state index in [1.54, 1.807) is 11.8 Å². The van der Waals surface area contributed by atoms with Crippen molar-refractivity contribution in [1.82, 2.24) is 4.90 Å². The van der Waals surface area contributed by atoms with E-state index in [0.717, 1.165) is 30.1 Å². The lowest BCUT2D eigenvalue weighted by Crippen LogP contribution is -2.45. The number of nitrogens with zero attached hydrogens (tertiary/aromatic N) is 3. The Morgan fingerprint density at radius 2 is 1.92 bits per heavy atom. The summed E-state index contributed by atoms with van der Waals surface area (Å²) in [4.78, 5) is 19.9. The highest BCUT2D eigenvalue weighted by molar-refractivity contribution is 8.14. The van der Waals surface area contributed by atoms with Crippen molar-refractivity contribution in [2.24, 2.45) is 4.99 Å². The molecular weight excluding hydrogens is 344 g/mol. The fourth-order valence-electron chi connectivity index (χ4n) is 3.38. The minimum absolute atomic E-state index is 0.253. The molecule has 3 rings (SSSR count). The number of halogens is 2. The van der Waals surface area contributed by atoms with Gasteiger partial charge in [0.05, 0.1) is 6.04 Å². The molecule has 1 saturated heterocycles. The number of amidine groups is 1. The SMILES string of the molecule is CN1C(=NC2CCCCCC2)SCC1N(C=O)c1ccc(F)c(F)c1. The predicted molar refractivity (Wildman–Crippen MR) is 97.8 cm³/mol. The van der Waals surface area contributed by atoms with Crippen LogP contribution < -0.4 is 4.90 Å². The van der Waals surface area contributed by atoms with Crippen LogP contribution in [0.5, 0.6) is 0 Å². The molecule has 0 bridgehead atoms. The molecule has 1 amide bonds. The minimum atomic E-state index is -0.954. The van der Waals surface area contributed by atoms with Crippen molar-refractivity contribution < 1.29 is 13.6 Å². The summed E-state index contributed by atoms with van der Waals surface area (Å²) in [5.41, 5.74) is 0.349. The van der Waals surface area contributed by atoms with E-state index in [2.05, 4.69) is 0 Å². The largest absolute Gasteiger partial charge is 0.333 e. The van der Waals surface area contributed by atoms with Gasteiger partial charge in [-0.25, -0.2) is 8.78 Å². The Labute approximate surface area is 151 Å². The average molecular weight is 367 g/mol. The number of carbonyl (C=O) groups is 1. The smallest absolute Gasteiger partial charge is 0.215 e. The second-order valence-corrected chi connectivity index (χ2v) is 7.56. The van der Waals surface area contributed by atoms with Crippen LogP contribution in [0.15, 0.2) is 23.2 Å². The Balaban J connectivity index is 1.75. The van der Waals surface area contributed by atoms with E-state index in [-0.39, 0.29) is 6.17 Å². The Morgan fingerprint density at radius 3 is 2.56 bits per heavy atom. The average Bonchev–Trinajstić information content (AvgIpc) is 2.81. The minimum Gasteiger partial charge on any atom is -0.333 e.